The van der Waals surface area contributed by atoms with Gasteiger partial charge in [-0.1, -0.05) is 36.5 Å². The molecule has 0 heterocycles. The minimum Gasteiger partial charge on any atom is -0.0919 e. The molecule has 0 aliphatic heterocycles. The van der Waals surface area contributed by atoms with Gasteiger partial charge in [-0.15, -0.1) is 0 Å². The molecule has 0 aromatic heterocycles. The Kier molecular flexibility index (Phi) is 18.8. The van der Waals surface area contributed by atoms with E-state index in [0.29, 0.717) is 0 Å². The van der Waals surface area contributed by atoms with Crippen LogP contribution in [0.25, 0.3) is 0 Å². The van der Waals surface area contributed by atoms with Gasteiger partial charge in [0.25, 0.3) is 0 Å². The number of allylic oxidation sites excluding steroid dienone is 6. The fourth-order valence-corrected chi connectivity index (χ4v) is 0.222. The van der Waals surface area contributed by atoms with Crippen molar-refractivity contribution in [2.24, 2.45) is 0 Å². The van der Waals surface area contributed by atoms with Crippen LogP contribution >= 0.6 is 0 Å². The summed E-state index contributed by atoms with van der Waals surface area (Å²) in [5.41, 5.74) is 0. The van der Waals surface area contributed by atoms with Crippen LogP contribution in [-0.2, 0) is 0 Å². The molecule has 0 bridgehead atoms. The van der Waals surface area contributed by atoms with Crippen LogP contribution in [0, 0.1) is 0 Å². The van der Waals surface area contributed by atoms with Gasteiger partial charge in [-0.05, 0) is 27.7 Å². The number of hydrogen-bond acceptors (Lipinski definition) is 0. The van der Waals surface area contributed by atoms with Crippen LogP contribution in [0.1, 0.15) is 27.7 Å². The summed E-state index contributed by atoms with van der Waals surface area (Å²) >= 11 is 0. The van der Waals surface area contributed by atoms with Crippen molar-refractivity contribution >= 4 is 0 Å². The molecule has 0 unspecified atom stereocenters. The molecule has 0 aliphatic rings. The van der Waals surface area contributed by atoms with E-state index in [2.05, 4.69) is 0 Å². The SMILES string of the molecule is CC=CC.CC=CC=CC. The van der Waals surface area contributed by atoms with E-state index in [4.69, 9.17) is 0 Å². The lowest BCUT2D eigenvalue weighted by atomic mass is 10.5. The quantitative estimate of drug-likeness (QED) is 0.382. The lowest BCUT2D eigenvalue weighted by molar-refractivity contribution is 1.64. The first-order valence-electron chi connectivity index (χ1n) is 3.64. The average Bonchev–Trinajstić information content (AvgIpc) is 2.01. The van der Waals surface area contributed by atoms with E-state index in [1.54, 1.807) is 0 Å². The molecule has 0 N–H and O–H groups in total. The van der Waals surface area contributed by atoms with Gasteiger partial charge < -0.3 is 0 Å². The van der Waals surface area contributed by atoms with Crippen LogP contribution in [0.3, 0.4) is 0 Å². The molecule has 0 nitrogen and oxygen atoms in total. The highest BCUT2D eigenvalue weighted by Gasteiger charge is 1.48. The Hall–Kier alpha value is -0.780. The maximum atomic E-state index is 2.00. The van der Waals surface area contributed by atoms with Crippen molar-refractivity contribution < 1.29 is 0 Å². The summed E-state index contributed by atoms with van der Waals surface area (Å²) in [4.78, 5) is 0. The predicted molar refractivity (Wildman–Crippen MR) is 50.1 cm³/mol. The maximum Gasteiger partial charge on any atom is -0.0467 e. The molecular formula is C10H18. The van der Waals surface area contributed by atoms with Gasteiger partial charge in [0.15, 0.2) is 0 Å². The zero-order chi connectivity index (χ0) is 8.24. The zero-order valence-electron chi connectivity index (χ0n) is 7.46. The molecule has 0 radical (unpaired) electrons. The van der Waals surface area contributed by atoms with Crippen molar-refractivity contribution in [1.29, 1.82) is 0 Å². The average molecular weight is 138 g/mol. The highest BCUT2D eigenvalue weighted by molar-refractivity contribution is 4.98. The molecule has 0 aromatic carbocycles. The number of rotatable bonds is 1. The fraction of sp³-hybridized carbons (Fsp3) is 0.400. The van der Waals surface area contributed by atoms with Crippen molar-refractivity contribution in [3.05, 3.63) is 36.5 Å². The summed E-state index contributed by atoms with van der Waals surface area (Å²) in [7, 11) is 0. The van der Waals surface area contributed by atoms with Crippen molar-refractivity contribution in [3.8, 4) is 0 Å². The number of hydrogen-bond donors (Lipinski definition) is 0. The fourth-order valence-electron chi connectivity index (χ4n) is 0.222. The third-order valence-corrected chi connectivity index (χ3v) is 0.829. The van der Waals surface area contributed by atoms with Crippen molar-refractivity contribution in [2.45, 2.75) is 27.7 Å². The summed E-state index contributed by atoms with van der Waals surface area (Å²) in [5, 5.41) is 0. The summed E-state index contributed by atoms with van der Waals surface area (Å²) in [6.07, 6.45) is 12.0. The molecule has 0 amide bonds. The Labute approximate surface area is 65.0 Å². The normalized spacial score (nSPS) is 10.8. The molecule has 0 rings (SSSR count). The highest BCUT2D eigenvalue weighted by Crippen LogP contribution is 1.71. The van der Waals surface area contributed by atoms with E-state index in [1.807, 2.05) is 64.2 Å². The molecule has 0 saturated carbocycles. The monoisotopic (exact) mass is 138 g/mol. The minimum absolute atomic E-state index is 2.00. The topological polar surface area (TPSA) is 0 Å². The summed E-state index contributed by atoms with van der Waals surface area (Å²) < 4.78 is 0. The van der Waals surface area contributed by atoms with Gasteiger partial charge in [0, 0.05) is 0 Å². The van der Waals surface area contributed by atoms with Gasteiger partial charge in [0.2, 0.25) is 0 Å². The second kappa shape index (κ2) is 15.7. The Balaban J connectivity index is 0. The lowest BCUT2D eigenvalue weighted by Crippen LogP contribution is -1.40. The van der Waals surface area contributed by atoms with E-state index in [9.17, 15) is 0 Å². The van der Waals surface area contributed by atoms with E-state index >= 15 is 0 Å². The summed E-state index contributed by atoms with van der Waals surface area (Å²) in [6, 6.07) is 0. The van der Waals surface area contributed by atoms with E-state index in [0.717, 1.165) is 0 Å². The van der Waals surface area contributed by atoms with Crippen LogP contribution in [-0.4, -0.2) is 0 Å². The van der Waals surface area contributed by atoms with Gasteiger partial charge in [-0.3, -0.25) is 0 Å². The largest absolute Gasteiger partial charge is 0.0919 e. The second-order valence-corrected chi connectivity index (χ2v) is 1.72. The van der Waals surface area contributed by atoms with E-state index < -0.39 is 0 Å². The lowest BCUT2D eigenvalue weighted by Gasteiger charge is -1.62. The van der Waals surface area contributed by atoms with Gasteiger partial charge in [0.05, 0.1) is 0 Å². The minimum atomic E-state index is 2.00. The van der Waals surface area contributed by atoms with Crippen LogP contribution in [0.15, 0.2) is 36.5 Å². The van der Waals surface area contributed by atoms with E-state index in [-0.39, 0.29) is 0 Å². The zero-order valence-corrected chi connectivity index (χ0v) is 7.46. The van der Waals surface area contributed by atoms with Crippen molar-refractivity contribution in [3.63, 3.8) is 0 Å². The predicted octanol–water partition coefficient (Wildman–Crippen LogP) is 3.72. The first-order valence-corrected chi connectivity index (χ1v) is 3.64. The Morgan fingerprint density at radius 3 is 0.900 bits per heavy atom. The molecule has 10 heavy (non-hydrogen) atoms. The molecule has 0 atom stereocenters. The first kappa shape index (κ1) is 12.0. The van der Waals surface area contributed by atoms with Crippen LogP contribution in [0.4, 0.5) is 0 Å². The third-order valence-electron chi connectivity index (χ3n) is 0.829. The smallest absolute Gasteiger partial charge is 0.0467 e. The van der Waals surface area contributed by atoms with Gasteiger partial charge in [-0.25, -0.2) is 0 Å². The molecule has 0 aliphatic carbocycles. The Morgan fingerprint density at radius 1 is 0.500 bits per heavy atom. The second-order valence-electron chi connectivity index (χ2n) is 1.72. The van der Waals surface area contributed by atoms with Crippen LogP contribution in [0.2, 0.25) is 0 Å². The molecule has 0 spiro atoms. The Morgan fingerprint density at radius 2 is 0.800 bits per heavy atom. The molecule has 0 heteroatoms. The van der Waals surface area contributed by atoms with Gasteiger partial charge in [0.1, 0.15) is 0 Å². The third kappa shape index (κ3) is 26.9. The molecule has 0 saturated heterocycles. The first-order chi connectivity index (χ1) is 4.83. The summed E-state index contributed by atoms with van der Waals surface area (Å²) in [5.74, 6) is 0. The molecule has 0 fully saturated rings. The maximum absolute atomic E-state index is 2.00. The molecular weight excluding hydrogens is 120 g/mol. The molecule has 58 valence electrons. The van der Waals surface area contributed by atoms with Crippen LogP contribution < -0.4 is 0 Å². The highest BCUT2D eigenvalue weighted by atomic mass is 13.6. The summed E-state index contributed by atoms with van der Waals surface area (Å²) in [6.45, 7) is 8.00. The van der Waals surface area contributed by atoms with Gasteiger partial charge in [-0.2, -0.15) is 0 Å². The van der Waals surface area contributed by atoms with Crippen molar-refractivity contribution in [2.75, 3.05) is 0 Å². The van der Waals surface area contributed by atoms with Crippen LogP contribution in [0.5, 0.6) is 0 Å². The standard InChI is InChI=1S/C6H10.C4H8/c1-3-5-6-4-2;1-3-4-2/h3-6H,1-2H3;3-4H,1-2H3. The molecule has 0 aromatic rings. The van der Waals surface area contributed by atoms with Crippen molar-refractivity contribution in [1.82, 2.24) is 0 Å². The van der Waals surface area contributed by atoms with Gasteiger partial charge >= 0.3 is 0 Å². The van der Waals surface area contributed by atoms with E-state index in [1.165, 1.54) is 0 Å². The Bertz CT molecular complexity index is 91.2.